The van der Waals surface area contributed by atoms with Crippen LogP contribution in [0.2, 0.25) is 0 Å². The molecule has 0 radical (unpaired) electrons. The summed E-state index contributed by atoms with van der Waals surface area (Å²) >= 11 is 0. The maximum Gasteiger partial charge on any atom is 0.406 e. The standard InChI is InChI=1S/C18H25F3N4O3/c1-4-22-17(23-10-16(26)25(3)12-18(19,20)21)24(2)11-13-5-6-14-15(9-13)28-8-7-27-14/h5-6,9H,4,7-8,10-12H2,1-3H3,(H,22,23). The van der Waals surface area contributed by atoms with E-state index in [0.717, 1.165) is 12.6 Å². The van der Waals surface area contributed by atoms with Gasteiger partial charge in [0.15, 0.2) is 17.5 Å². The van der Waals surface area contributed by atoms with E-state index in [1.165, 1.54) is 0 Å². The van der Waals surface area contributed by atoms with E-state index < -0.39 is 18.6 Å². The lowest BCUT2D eigenvalue weighted by atomic mass is 10.2. The van der Waals surface area contributed by atoms with E-state index in [1.54, 1.807) is 11.9 Å². The van der Waals surface area contributed by atoms with Gasteiger partial charge in [0.1, 0.15) is 26.3 Å². The SMILES string of the molecule is CCNC(=NCC(=O)N(C)CC(F)(F)F)N(C)Cc1ccc2c(c1)OCCO2. The fourth-order valence-corrected chi connectivity index (χ4v) is 2.62. The van der Waals surface area contributed by atoms with Crippen LogP contribution in [0.5, 0.6) is 11.5 Å². The normalized spacial score (nSPS) is 13.9. The minimum Gasteiger partial charge on any atom is -0.486 e. The maximum absolute atomic E-state index is 12.4. The third-order valence-corrected chi connectivity index (χ3v) is 3.93. The molecule has 0 spiro atoms. The third kappa shape index (κ3) is 6.50. The Bertz CT molecular complexity index is 710. The van der Waals surface area contributed by atoms with Crippen molar-refractivity contribution in [3.63, 3.8) is 0 Å². The summed E-state index contributed by atoms with van der Waals surface area (Å²) in [5, 5.41) is 3.03. The van der Waals surface area contributed by atoms with Crippen LogP contribution < -0.4 is 14.8 Å². The van der Waals surface area contributed by atoms with Gasteiger partial charge < -0.3 is 24.6 Å². The number of halogens is 3. The van der Waals surface area contributed by atoms with Gasteiger partial charge in [0.2, 0.25) is 5.91 Å². The first-order chi connectivity index (χ1) is 13.2. The van der Waals surface area contributed by atoms with Crippen LogP contribution in [-0.2, 0) is 11.3 Å². The highest BCUT2D eigenvalue weighted by molar-refractivity contribution is 5.84. The number of hydrogen-bond donors (Lipinski definition) is 1. The number of likely N-dealkylation sites (N-methyl/N-ethyl adjacent to an activating group) is 1. The van der Waals surface area contributed by atoms with E-state index in [2.05, 4.69) is 10.3 Å². The highest BCUT2D eigenvalue weighted by atomic mass is 19.4. The number of hydrogen-bond acceptors (Lipinski definition) is 4. The van der Waals surface area contributed by atoms with Crippen LogP contribution in [0, 0.1) is 0 Å². The molecule has 0 unspecified atom stereocenters. The van der Waals surface area contributed by atoms with Gasteiger partial charge in [0.25, 0.3) is 0 Å². The van der Waals surface area contributed by atoms with Crippen molar-refractivity contribution in [1.82, 2.24) is 15.1 Å². The summed E-state index contributed by atoms with van der Waals surface area (Å²) < 4.78 is 48.3. The summed E-state index contributed by atoms with van der Waals surface area (Å²) in [6.45, 7) is 2.21. The van der Waals surface area contributed by atoms with E-state index >= 15 is 0 Å². The first kappa shape index (κ1) is 21.6. The molecule has 10 heteroatoms. The Morgan fingerprint density at radius 1 is 1.18 bits per heavy atom. The zero-order chi connectivity index (χ0) is 20.7. The average Bonchev–Trinajstić information content (AvgIpc) is 2.63. The number of alkyl halides is 3. The molecule has 2 rings (SSSR count). The van der Waals surface area contributed by atoms with Gasteiger partial charge in [-0.25, -0.2) is 4.99 Å². The van der Waals surface area contributed by atoms with Crippen molar-refractivity contribution in [2.45, 2.75) is 19.6 Å². The number of nitrogens with zero attached hydrogens (tertiary/aromatic N) is 3. The molecule has 0 aliphatic carbocycles. The highest BCUT2D eigenvalue weighted by Gasteiger charge is 2.31. The number of rotatable bonds is 6. The molecular formula is C18H25F3N4O3. The monoisotopic (exact) mass is 402 g/mol. The first-order valence-electron chi connectivity index (χ1n) is 8.88. The van der Waals surface area contributed by atoms with Crippen molar-refractivity contribution in [2.75, 3.05) is 46.9 Å². The lowest BCUT2D eigenvalue weighted by molar-refractivity contribution is -0.157. The molecule has 1 aliphatic heterocycles. The molecule has 1 aromatic rings. The number of fused-ring (bicyclic) bond motifs is 1. The summed E-state index contributed by atoms with van der Waals surface area (Å²) in [5.74, 6) is 1.08. The number of ether oxygens (including phenoxy) is 2. The maximum atomic E-state index is 12.4. The number of amides is 1. The first-order valence-corrected chi connectivity index (χ1v) is 8.88. The fourth-order valence-electron chi connectivity index (χ4n) is 2.62. The van der Waals surface area contributed by atoms with Crippen LogP contribution >= 0.6 is 0 Å². The lowest BCUT2D eigenvalue weighted by Gasteiger charge is -2.24. The zero-order valence-corrected chi connectivity index (χ0v) is 16.2. The molecule has 0 fully saturated rings. The van der Waals surface area contributed by atoms with Crippen molar-refractivity contribution in [2.24, 2.45) is 4.99 Å². The quantitative estimate of drug-likeness (QED) is 0.581. The van der Waals surface area contributed by atoms with E-state index in [1.807, 2.05) is 25.1 Å². The second-order valence-corrected chi connectivity index (χ2v) is 6.37. The van der Waals surface area contributed by atoms with Crippen molar-refractivity contribution in [1.29, 1.82) is 0 Å². The number of carbonyl (C=O) groups excluding carboxylic acids is 1. The van der Waals surface area contributed by atoms with Crippen LogP contribution in [0.1, 0.15) is 12.5 Å². The zero-order valence-electron chi connectivity index (χ0n) is 16.2. The van der Waals surface area contributed by atoms with Crippen molar-refractivity contribution >= 4 is 11.9 Å². The molecule has 28 heavy (non-hydrogen) atoms. The molecule has 1 aliphatic rings. The van der Waals surface area contributed by atoms with E-state index in [4.69, 9.17) is 9.47 Å². The molecule has 1 heterocycles. The summed E-state index contributed by atoms with van der Waals surface area (Å²) in [6, 6.07) is 5.60. The van der Waals surface area contributed by atoms with Gasteiger partial charge in [-0.05, 0) is 24.6 Å². The van der Waals surface area contributed by atoms with Crippen molar-refractivity contribution in [3.05, 3.63) is 23.8 Å². The van der Waals surface area contributed by atoms with Gasteiger partial charge in [-0.3, -0.25) is 4.79 Å². The molecule has 0 atom stereocenters. The Morgan fingerprint density at radius 2 is 1.86 bits per heavy atom. The van der Waals surface area contributed by atoms with Gasteiger partial charge in [0.05, 0.1) is 0 Å². The lowest BCUT2D eigenvalue weighted by Crippen LogP contribution is -2.41. The second-order valence-electron chi connectivity index (χ2n) is 6.37. The Kier molecular flexibility index (Phi) is 7.36. The molecule has 1 amide bonds. The van der Waals surface area contributed by atoms with Gasteiger partial charge in [-0.1, -0.05) is 6.07 Å². The Hall–Kier alpha value is -2.65. The number of aliphatic imine (C=N–C) groups is 1. The van der Waals surface area contributed by atoms with Crippen LogP contribution in [0.15, 0.2) is 23.2 Å². The smallest absolute Gasteiger partial charge is 0.406 e. The van der Waals surface area contributed by atoms with Gasteiger partial charge in [-0.2, -0.15) is 13.2 Å². The van der Waals surface area contributed by atoms with E-state index in [9.17, 15) is 18.0 Å². The molecule has 7 nitrogen and oxygen atoms in total. The van der Waals surface area contributed by atoms with E-state index in [-0.39, 0.29) is 6.54 Å². The summed E-state index contributed by atoms with van der Waals surface area (Å²) in [4.78, 5) is 18.5. The number of nitrogens with one attached hydrogen (secondary N) is 1. The molecule has 0 saturated carbocycles. The third-order valence-electron chi connectivity index (χ3n) is 3.93. The predicted octanol–water partition coefficient (Wildman–Crippen LogP) is 1.88. The van der Waals surface area contributed by atoms with Crippen molar-refractivity contribution in [3.8, 4) is 11.5 Å². The van der Waals surface area contributed by atoms with Crippen molar-refractivity contribution < 1.29 is 27.4 Å². The molecular weight excluding hydrogens is 377 g/mol. The topological polar surface area (TPSA) is 66.4 Å². The van der Waals surface area contributed by atoms with Crippen LogP contribution in [0.3, 0.4) is 0 Å². The molecule has 1 N–H and O–H groups in total. The summed E-state index contributed by atoms with van der Waals surface area (Å²) in [7, 11) is 2.89. The molecule has 0 saturated heterocycles. The van der Waals surface area contributed by atoms with Gasteiger partial charge in [-0.15, -0.1) is 0 Å². The predicted molar refractivity (Wildman–Crippen MR) is 98.6 cm³/mol. The molecule has 1 aromatic carbocycles. The van der Waals surface area contributed by atoms with Gasteiger partial charge in [0, 0.05) is 27.2 Å². The minimum atomic E-state index is -4.44. The number of guanidine groups is 1. The molecule has 0 bridgehead atoms. The Morgan fingerprint density at radius 3 is 2.50 bits per heavy atom. The Balaban J connectivity index is 2.01. The van der Waals surface area contributed by atoms with Crippen LogP contribution in [0.25, 0.3) is 0 Å². The summed E-state index contributed by atoms with van der Waals surface area (Å²) in [6.07, 6.45) is -4.44. The fraction of sp³-hybridized carbons (Fsp3) is 0.556. The van der Waals surface area contributed by atoms with Crippen LogP contribution in [-0.4, -0.2) is 74.8 Å². The molecule has 156 valence electrons. The summed E-state index contributed by atoms with van der Waals surface area (Å²) in [5.41, 5.74) is 0.942. The minimum absolute atomic E-state index is 0.375. The van der Waals surface area contributed by atoms with E-state index in [0.29, 0.717) is 48.7 Å². The molecule has 0 aromatic heterocycles. The number of carbonyl (C=O) groups is 1. The second kappa shape index (κ2) is 9.52. The number of benzene rings is 1. The van der Waals surface area contributed by atoms with Crippen LogP contribution in [0.4, 0.5) is 13.2 Å². The largest absolute Gasteiger partial charge is 0.486 e. The average molecular weight is 402 g/mol. The Labute approximate surface area is 162 Å². The highest BCUT2D eigenvalue weighted by Crippen LogP contribution is 2.31. The van der Waals surface area contributed by atoms with Gasteiger partial charge >= 0.3 is 6.18 Å².